The molecule has 86 valence electrons. The minimum atomic E-state index is -1.15. The average Bonchev–Trinajstić information content (AvgIpc) is 2.22. The van der Waals surface area contributed by atoms with Gasteiger partial charge in [0, 0.05) is 5.56 Å². The monoisotopic (exact) mass is 225 g/mol. The third kappa shape index (κ3) is 2.64. The van der Waals surface area contributed by atoms with Crippen molar-refractivity contribution in [2.75, 3.05) is 0 Å². The van der Waals surface area contributed by atoms with E-state index in [0.29, 0.717) is 17.4 Å². The zero-order valence-electron chi connectivity index (χ0n) is 8.74. The summed E-state index contributed by atoms with van der Waals surface area (Å²) in [7, 11) is 0. The maximum atomic E-state index is 13.1. The molecule has 0 aliphatic carbocycles. The van der Waals surface area contributed by atoms with Crippen molar-refractivity contribution >= 4 is 12.3 Å². The third-order valence-electron chi connectivity index (χ3n) is 2.30. The highest BCUT2D eigenvalue weighted by atomic mass is 19.1. The second-order valence-corrected chi connectivity index (χ2v) is 3.57. The summed E-state index contributed by atoms with van der Waals surface area (Å²) in [4.78, 5) is 21.3. The molecule has 0 aromatic heterocycles. The maximum absolute atomic E-state index is 13.1. The van der Waals surface area contributed by atoms with Crippen molar-refractivity contribution in [3.05, 3.63) is 34.6 Å². The number of halogens is 1. The number of carbonyl (C=O) groups excluding carboxylic acids is 1. The highest BCUT2D eigenvalue weighted by molar-refractivity contribution is 5.79. The molecule has 0 bridgehead atoms. The van der Waals surface area contributed by atoms with Gasteiger partial charge in [0.25, 0.3) is 0 Å². The lowest BCUT2D eigenvalue weighted by Gasteiger charge is -2.10. The quantitative estimate of drug-likeness (QED) is 0.746. The molecule has 1 aromatic rings. The van der Waals surface area contributed by atoms with Gasteiger partial charge in [-0.1, -0.05) is 6.07 Å². The van der Waals surface area contributed by atoms with Crippen LogP contribution in [-0.2, 0) is 11.2 Å². The number of benzene rings is 1. The Kier molecular flexibility index (Phi) is 3.73. The van der Waals surface area contributed by atoms with E-state index < -0.39 is 17.8 Å². The molecule has 0 saturated heterocycles. The molecule has 4 nitrogen and oxygen atoms in total. The zero-order valence-corrected chi connectivity index (χ0v) is 8.74. The van der Waals surface area contributed by atoms with E-state index in [1.54, 1.807) is 6.92 Å². The smallest absolute Gasteiger partial charge is 0.320 e. The van der Waals surface area contributed by atoms with Crippen LogP contribution in [0.1, 0.15) is 21.5 Å². The van der Waals surface area contributed by atoms with Crippen LogP contribution in [-0.4, -0.2) is 23.4 Å². The molecular formula is C11H12FNO3. The van der Waals surface area contributed by atoms with Crippen molar-refractivity contribution in [1.29, 1.82) is 0 Å². The Morgan fingerprint density at radius 3 is 2.75 bits per heavy atom. The van der Waals surface area contributed by atoms with Crippen LogP contribution in [0.3, 0.4) is 0 Å². The first-order chi connectivity index (χ1) is 7.45. The second kappa shape index (κ2) is 4.85. The highest BCUT2D eigenvalue weighted by Gasteiger charge is 2.15. The van der Waals surface area contributed by atoms with E-state index in [1.807, 2.05) is 0 Å². The summed E-state index contributed by atoms with van der Waals surface area (Å²) < 4.78 is 13.1. The Labute approximate surface area is 91.9 Å². The Morgan fingerprint density at radius 2 is 2.25 bits per heavy atom. The van der Waals surface area contributed by atoms with E-state index in [9.17, 15) is 14.0 Å². The largest absolute Gasteiger partial charge is 0.480 e. The molecule has 16 heavy (non-hydrogen) atoms. The number of carboxylic acids is 1. The van der Waals surface area contributed by atoms with Crippen molar-refractivity contribution < 1.29 is 19.1 Å². The Balaban J connectivity index is 3.07. The normalized spacial score (nSPS) is 12.2. The Hall–Kier alpha value is -1.75. The van der Waals surface area contributed by atoms with Gasteiger partial charge in [-0.3, -0.25) is 9.59 Å². The van der Waals surface area contributed by atoms with Gasteiger partial charge in [0.1, 0.15) is 18.1 Å². The number of hydrogen-bond donors (Lipinski definition) is 2. The van der Waals surface area contributed by atoms with Gasteiger partial charge in [0.2, 0.25) is 0 Å². The van der Waals surface area contributed by atoms with Crippen molar-refractivity contribution in [2.45, 2.75) is 19.4 Å². The molecule has 1 aromatic carbocycles. The van der Waals surface area contributed by atoms with Gasteiger partial charge in [-0.25, -0.2) is 4.39 Å². The molecule has 0 saturated carbocycles. The van der Waals surface area contributed by atoms with Crippen molar-refractivity contribution in [3.63, 3.8) is 0 Å². The molecule has 5 heteroatoms. The predicted octanol–water partition coefficient (Wildman–Crippen LogP) is 0.901. The van der Waals surface area contributed by atoms with Gasteiger partial charge in [0.15, 0.2) is 0 Å². The lowest BCUT2D eigenvalue weighted by molar-refractivity contribution is -0.138. The minimum Gasteiger partial charge on any atom is -0.480 e. The summed E-state index contributed by atoms with van der Waals surface area (Å²) in [6.07, 6.45) is 0.497. The molecule has 1 rings (SSSR count). The summed E-state index contributed by atoms with van der Waals surface area (Å²) in [5.74, 6) is -1.64. The topological polar surface area (TPSA) is 80.4 Å². The summed E-state index contributed by atoms with van der Waals surface area (Å²) in [5, 5.41) is 8.64. The summed E-state index contributed by atoms with van der Waals surface area (Å²) in [5.41, 5.74) is 6.30. The van der Waals surface area contributed by atoms with Crippen LogP contribution in [0.15, 0.2) is 12.1 Å². The van der Waals surface area contributed by atoms with Crippen LogP contribution in [0.25, 0.3) is 0 Å². The standard InChI is InChI=1S/C11H12FNO3/c1-6-2-7(4-10(13)11(15)16)8(5-14)3-9(6)12/h2-3,5,10H,4,13H2,1H3,(H,15,16). The van der Waals surface area contributed by atoms with Crippen LogP contribution in [0, 0.1) is 12.7 Å². The minimum absolute atomic E-state index is 0.00449. The third-order valence-corrected chi connectivity index (χ3v) is 2.30. The zero-order chi connectivity index (χ0) is 12.3. The summed E-state index contributed by atoms with van der Waals surface area (Å²) in [6, 6.07) is 1.44. The van der Waals surface area contributed by atoms with Crippen LogP contribution < -0.4 is 5.73 Å². The first kappa shape index (κ1) is 12.3. The number of aldehydes is 1. The van der Waals surface area contributed by atoms with Crippen LogP contribution in [0.5, 0.6) is 0 Å². The number of rotatable bonds is 4. The molecule has 0 amide bonds. The van der Waals surface area contributed by atoms with Crippen LogP contribution in [0.4, 0.5) is 4.39 Å². The molecule has 3 N–H and O–H groups in total. The lowest BCUT2D eigenvalue weighted by atomic mass is 9.99. The molecule has 0 fully saturated rings. The first-order valence-corrected chi connectivity index (χ1v) is 4.68. The number of carbonyl (C=O) groups is 2. The number of hydrogen-bond acceptors (Lipinski definition) is 3. The van der Waals surface area contributed by atoms with Gasteiger partial charge < -0.3 is 10.8 Å². The fraction of sp³-hybridized carbons (Fsp3) is 0.273. The SMILES string of the molecule is Cc1cc(CC(N)C(=O)O)c(C=O)cc1F. The molecule has 0 radical (unpaired) electrons. The molecule has 0 spiro atoms. The molecule has 0 aliphatic rings. The van der Waals surface area contributed by atoms with Crippen molar-refractivity contribution in [3.8, 4) is 0 Å². The molecular weight excluding hydrogens is 213 g/mol. The summed E-state index contributed by atoms with van der Waals surface area (Å²) >= 11 is 0. The molecule has 0 aliphatic heterocycles. The lowest BCUT2D eigenvalue weighted by Crippen LogP contribution is -2.32. The molecule has 1 unspecified atom stereocenters. The van der Waals surface area contributed by atoms with Gasteiger partial charge in [-0.2, -0.15) is 0 Å². The summed E-state index contributed by atoms with van der Waals surface area (Å²) in [6.45, 7) is 1.54. The molecule has 0 heterocycles. The van der Waals surface area contributed by atoms with E-state index >= 15 is 0 Å². The van der Waals surface area contributed by atoms with E-state index in [2.05, 4.69) is 0 Å². The number of carboxylic acid groups (broad SMARTS) is 1. The predicted molar refractivity (Wildman–Crippen MR) is 55.8 cm³/mol. The van der Waals surface area contributed by atoms with Gasteiger partial charge >= 0.3 is 5.97 Å². The van der Waals surface area contributed by atoms with Crippen molar-refractivity contribution in [1.82, 2.24) is 0 Å². The maximum Gasteiger partial charge on any atom is 0.320 e. The van der Waals surface area contributed by atoms with E-state index in [0.717, 1.165) is 6.07 Å². The van der Waals surface area contributed by atoms with Gasteiger partial charge in [0.05, 0.1) is 0 Å². The van der Waals surface area contributed by atoms with Crippen molar-refractivity contribution in [2.24, 2.45) is 5.73 Å². The average molecular weight is 225 g/mol. The Morgan fingerprint density at radius 1 is 1.62 bits per heavy atom. The van der Waals surface area contributed by atoms with Gasteiger partial charge in [-0.15, -0.1) is 0 Å². The molecule has 1 atom stereocenters. The fourth-order valence-corrected chi connectivity index (χ4v) is 1.37. The van der Waals surface area contributed by atoms with E-state index in [4.69, 9.17) is 10.8 Å². The Bertz CT molecular complexity index is 431. The van der Waals surface area contributed by atoms with Crippen LogP contribution in [0.2, 0.25) is 0 Å². The van der Waals surface area contributed by atoms with E-state index in [-0.39, 0.29) is 12.0 Å². The van der Waals surface area contributed by atoms with E-state index in [1.165, 1.54) is 6.07 Å². The number of nitrogens with two attached hydrogens (primary N) is 1. The second-order valence-electron chi connectivity index (χ2n) is 3.57. The first-order valence-electron chi connectivity index (χ1n) is 4.68. The van der Waals surface area contributed by atoms with Crippen LogP contribution >= 0.6 is 0 Å². The van der Waals surface area contributed by atoms with Gasteiger partial charge in [-0.05, 0) is 30.5 Å². The fourth-order valence-electron chi connectivity index (χ4n) is 1.37. The number of aryl methyl sites for hydroxylation is 1. The number of aliphatic carboxylic acids is 1. The highest BCUT2D eigenvalue weighted by Crippen LogP contribution is 2.15.